The average molecular weight is 671 g/mol. The van der Waals surface area contributed by atoms with Gasteiger partial charge in [0.05, 0.1) is 0 Å². The molecule has 0 atom stereocenters. The minimum atomic E-state index is -2.19. The Hall–Kier alpha value is -2.41. The minimum absolute atomic E-state index is 1.29. The quantitative estimate of drug-likeness (QED) is 0.130. The molecule has 188 valence electrons. The van der Waals surface area contributed by atoms with Gasteiger partial charge in [-0.2, -0.15) is 47.5 Å². The fourth-order valence-corrected chi connectivity index (χ4v) is 31.1. The number of rotatable bonds is 4. The van der Waals surface area contributed by atoms with Crippen molar-refractivity contribution in [3.8, 4) is 22.3 Å². The maximum Gasteiger partial charge on any atom is -0.0623 e. The molecule has 0 aliphatic rings. The Morgan fingerprint density at radius 2 is 0.763 bits per heavy atom. The zero-order chi connectivity index (χ0) is 26.4. The van der Waals surface area contributed by atoms with E-state index in [2.05, 4.69) is 146 Å². The second-order valence-electron chi connectivity index (χ2n) is 8.45. The Bertz CT molecular complexity index is 1360. The van der Waals surface area contributed by atoms with E-state index in [4.69, 9.17) is 17.0 Å². The predicted molar refractivity (Wildman–Crippen MR) is 165 cm³/mol. The summed E-state index contributed by atoms with van der Waals surface area (Å²) in [6.07, 6.45) is 0. The van der Waals surface area contributed by atoms with Gasteiger partial charge in [0.15, 0.2) is 0 Å². The number of halogens is 2. The van der Waals surface area contributed by atoms with E-state index in [1.807, 2.05) is 24.3 Å². The first-order valence-electron chi connectivity index (χ1n) is 12.4. The van der Waals surface area contributed by atoms with E-state index in [1.165, 1.54) is 31.0 Å². The largest absolute Gasteiger partial charge is 0.206 e. The van der Waals surface area contributed by atoms with Crippen LogP contribution in [0.25, 0.3) is 22.3 Å². The second kappa shape index (κ2) is 15.9. The summed E-state index contributed by atoms with van der Waals surface area (Å²) in [4.78, 5) is 0. The van der Waals surface area contributed by atoms with Crippen LogP contribution in [-0.2, 0) is 16.2 Å². The summed E-state index contributed by atoms with van der Waals surface area (Å²) in [5, 5.41) is 0. The SMILES string of the molecule is [Cl][Zr]([Cl])=[Ge]([c]1ccccc1)[c]1ccccc1.c1ccc(-c2cc[cH-]c2)cc1.c1ccc(-c2cc[cH-]c2)cc1. The van der Waals surface area contributed by atoms with E-state index in [-0.39, 0.29) is 0 Å². The number of benzene rings is 4. The molecule has 0 fully saturated rings. The summed E-state index contributed by atoms with van der Waals surface area (Å²) in [5.41, 5.74) is 5.17. The summed E-state index contributed by atoms with van der Waals surface area (Å²) in [5.74, 6) is 0. The standard InChI is InChI=1S/C12H10Ge.2C11H9.2ClH.Zr/c1-3-7-11(8-4-1)13-12-9-5-2-6-10-12;2*1-2-6-10(7-3-1)11-8-4-5-9-11;;;/h1-10H;2*1-9H;2*1H;/q;2*-1;;;+2/p-2. The van der Waals surface area contributed by atoms with Gasteiger partial charge in [0.2, 0.25) is 0 Å². The van der Waals surface area contributed by atoms with Crippen LogP contribution >= 0.6 is 17.0 Å². The van der Waals surface area contributed by atoms with Crippen LogP contribution in [-0.4, -0.2) is 9.98 Å². The van der Waals surface area contributed by atoms with Gasteiger partial charge < -0.3 is 0 Å². The molecule has 0 saturated heterocycles. The minimum Gasteiger partial charge on any atom is -0.206 e. The number of hydrogen-bond donors (Lipinski definition) is 0. The van der Waals surface area contributed by atoms with Crippen molar-refractivity contribution in [2.45, 2.75) is 0 Å². The topological polar surface area (TPSA) is 0 Å². The maximum absolute atomic E-state index is 6.35. The van der Waals surface area contributed by atoms with Gasteiger partial charge in [0, 0.05) is 0 Å². The van der Waals surface area contributed by atoms with E-state index >= 15 is 0 Å². The predicted octanol–water partition coefficient (Wildman–Crippen LogP) is 8.86. The van der Waals surface area contributed by atoms with Crippen LogP contribution in [0.4, 0.5) is 0 Å². The molecular formula is C34H28Cl2GeZr-2. The fraction of sp³-hybridized carbons (Fsp3) is 0. The van der Waals surface area contributed by atoms with Crippen molar-refractivity contribution in [1.82, 2.24) is 0 Å². The van der Waals surface area contributed by atoms with Gasteiger partial charge in [-0.15, -0.1) is 0 Å². The average Bonchev–Trinajstić information content (AvgIpc) is 3.72. The normalized spacial score (nSPS) is 9.84. The van der Waals surface area contributed by atoms with Crippen molar-refractivity contribution >= 4 is 35.8 Å². The van der Waals surface area contributed by atoms with Crippen LogP contribution in [0.5, 0.6) is 0 Å². The zero-order valence-electron chi connectivity index (χ0n) is 20.9. The molecule has 0 aromatic heterocycles. The van der Waals surface area contributed by atoms with Gasteiger partial charge in [-0.1, -0.05) is 71.8 Å². The molecule has 6 rings (SSSR count). The first-order valence-corrected chi connectivity index (χ1v) is 28.3. The van der Waals surface area contributed by atoms with Gasteiger partial charge in [-0.05, 0) is 0 Å². The molecule has 0 radical (unpaired) electrons. The second-order valence-corrected chi connectivity index (χ2v) is 39.8. The van der Waals surface area contributed by atoms with E-state index in [0.29, 0.717) is 0 Å². The zero-order valence-corrected chi connectivity index (χ0v) is 27.0. The molecule has 0 amide bonds. The Morgan fingerprint density at radius 3 is 1.05 bits per heavy atom. The van der Waals surface area contributed by atoms with Crippen LogP contribution in [0.3, 0.4) is 0 Å². The molecule has 0 spiro atoms. The molecule has 6 aromatic rings. The third kappa shape index (κ3) is 8.82. The van der Waals surface area contributed by atoms with Crippen molar-refractivity contribution in [1.29, 1.82) is 0 Å². The van der Waals surface area contributed by atoms with Gasteiger partial charge >= 0.3 is 113 Å². The molecular weight excluding hydrogens is 643 g/mol. The molecule has 38 heavy (non-hydrogen) atoms. The van der Waals surface area contributed by atoms with E-state index < -0.39 is 26.2 Å². The Labute approximate surface area is 242 Å². The van der Waals surface area contributed by atoms with Crippen molar-refractivity contribution in [3.05, 3.63) is 170 Å². The van der Waals surface area contributed by atoms with Gasteiger partial charge in [0.25, 0.3) is 0 Å². The smallest absolute Gasteiger partial charge is 0.0623 e. The van der Waals surface area contributed by atoms with E-state index in [1.54, 1.807) is 0 Å². The van der Waals surface area contributed by atoms with Crippen molar-refractivity contribution < 1.29 is 16.2 Å². The van der Waals surface area contributed by atoms with Crippen LogP contribution in [0.15, 0.2) is 170 Å². The Morgan fingerprint density at radius 1 is 0.421 bits per heavy atom. The summed E-state index contributed by atoms with van der Waals surface area (Å²) in [6, 6.07) is 58.6. The van der Waals surface area contributed by atoms with Gasteiger partial charge in [-0.3, -0.25) is 0 Å². The van der Waals surface area contributed by atoms with Crippen LogP contribution < -0.4 is 8.79 Å². The maximum atomic E-state index is 6.35. The molecule has 6 aromatic carbocycles. The number of hydrogen-bond acceptors (Lipinski definition) is 0. The molecule has 0 aliphatic carbocycles. The summed E-state index contributed by atoms with van der Waals surface area (Å²) < 4.78 is 2.79. The Balaban J connectivity index is 0.000000136. The molecule has 4 heteroatoms. The third-order valence-electron chi connectivity index (χ3n) is 5.85. The van der Waals surface area contributed by atoms with E-state index in [0.717, 1.165) is 0 Å². The third-order valence-corrected chi connectivity index (χ3v) is 34.3. The molecule has 0 bridgehead atoms. The van der Waals surface area contributed by atoms with Gasteiger partial charge in [0.1, 0.15) is 0 Å². The summed E-state index contributed by atoms with van der Waals surface area (Å²) in [7, 11) is 11.1. The summed E-state index contributed by atoms with van der Waals surface area (Å²) in [6.45, 7) is 0. The summed E-state index contributed by atoms with van der Waals surface area (Å²) >= 11 is -2.19. The van der Waals surface area contributed by atoms with Crippen LogP contribution in [0.2, 0.25) is 0 Å². The molecule has 0 unspecified atom stereocenters. The van der Waals surface area contributed by atoms with Crippen LogP contribution in [0, 0.1) is 0 Å². The molecule has 0 saturated carbocycles. The van der Waals surface area contributed by atoms with Gasteiger partial charge in [-0.25, -0.2) is 12.1 Å². The van der Waals surface area contributed by atoms with Crippen molar-refractivity contribution in [2.24, 2.45) is 0 Å². The first kappa shape index (κ1) is 28.6. The van der Waals surface area contributed by atoms with Crippen molar-refractivity contribution in [3.63, 3.8) is 0 Å². The van der Waals surface area contributed by atoms with Crippen LogP contribution in [0.1, 0.15) is 0 Å². The molecule has 0 N–H and O–H groups in total. The first-order chi connectivity index (χ1) is 18.7. The molecule has 0 nitrogen and oxygen atoms in total. The molecule has 0 heterocycles. The molecule has 0 aliphatic heterocycles. The van der Waals surface area contributed by atoms with Crippen molar-refractivity contribution in [2.75, 3.05) is 0 Å². The Kier molecular flexibility index (Phi) is 11.9. The van der Waals surface area contributed by atoms with E-state index in [9.17, 15) is 0 Å². The fourth-order valence-electron chi connectivity index (χ4n) is 3.99. The monoisotopic (exact) mass is 670 g/mol.